The molecule has 10 heteroatoms. The molecule has 0 heterocycles. The third-order valence-corrected chi connectivity index (χ3v) is 4.45. The predicted octanol–water partition coefficient (Wildman–Crippen LogP) is 7.61. The van der Waals surface area contributed by atoms with Crippen molar-refractivity contribution in [1.82, 2.24) is 0 Å². The molecule has 0 N–H and O–H groups in total. The van der Waals surface area contributed by atoms with E-state index in [9.17, 15) is 18.0 Å². The van der Waals surface area contributed by atoms with Crippen molar-refractivity contribution in [1.29, 1.82) is 0 Å². The summed E-state index contributed by atoms with van der Waals surface area (Å²) in [6.07, 6.45) is -4.12. The van der Waals surface area contributed by atoms with Crippen LogP contribution in [0.3, 0.4) is 0 Å². The fraction of sp³-hybridized carbons (Fsp3) is 0.240. The maximum Gasteiger partial charge on any atom is 0.573 e. The van der Waals surface area contributed by atoms with E-state index < -0.39 is 12.5 Å². The first-order chi connectivity index (χ1) is 16.5. The number of rotatable bonds is 10. The monoisotopic (exact) mass is 512 g/mol. The van der Waals surface area contributed by atoms with Crippen molar-refractivity contribution in [3.05, 3.63) is 83.1 Å². The van der Waals surface area contributed by atoms with Gasteiger partial charge < -0.3 is 23.7 Å². The van der Waals surface area contributed by atoms with E-state index in [1.807, 2.05) is 0 Å². The van der Waals surface area contributed by atoms with Crippen molar-refractivity contribution >= 4 is 23.3 Å². The van der Waals surface area contributed by atoms with Gasteiger partial charge in [0.25, 0.3) is 0 Å². The third kappa shape index (κ3) is 9.76. The second kappa shape index (κ2) is 12.9. The van der Waals surface area contributed by atoms with Crippen LogP contribution in [0.1, 0.15) is 19.4 Å². The quantitative estimate of drug-likeness (QED) is 0.141. The highest BCUT2D eigenvalue weighted by Gasteiger charge is 2.31. The highest BCUT2D eigenvalue weighted by Crippen LogP contribution is 2.30. The summed E-state index contributed by atoms with van der Waals surface area (Å²) in [6.45, 7) is 7.33. The number of benzene rings is 2. The molecule has 0 saturated carbocycles. The Hall–Kier alpha value is -3.43. The predicted molar refractivity (Wildman–Crippen MR) is 125 cm³/mol. The number of halogens is 4. The molecule has 0 aliphatic rings. The van der Waals surface area contributed by atoms with Crippen LogP contribution in [0, 0.1) is 0 Å². The van der Waals surface area contributed by atoms with Crippen LogP contribution in [0.5, 0.6) is 17.2 Å². The van der Waals surface area contributed by atoms with Gasteiger partial charge in [-0.05, 0) is 73.0 Å². The Balaban J connectivity index is 2.20. The van der Waals surface area contributed by atoms with Gasteiger partial charge in [0.2, 0.25) is 0 Å². The van der Waals surface area contributed by atoms with E-state index in [2.05, 4.69) is 11.3 Å². The molecular formula is C25H24ClF3O6. The van der Waals surface area contributed by atoms with Crippen LogP contribution in [0.15, 0.2) is 77.6 Å². The van der Waals surface area contributed by atoms with Crippen LogP contribution in [0.25, 0.3) is 5.57 Å². The summed E-state index contributed by atoms with van der Waals surface area (Å²) >= 11 is 5.88. The molecule has 0 unspecified atom stereocenters. The molecule has 6 nitrogen and oxygen atoms in total. The summed E-state index contributed by atoms with van der Waals surface area (Å²) in [7, 11) is 1.48. The number of alkyl halides is 3. The zero-order valence-electron chi connectivity index (χ0n) is 19.3. The molecule has 0 atom stereocenters. The van der Waals surface area contributed by atoms with Gasteiger partial charge in [-0.25, -0.2) is 4.79 Å². The van der Waals surface area contributed by atoms with Gasteiger partial charge in [0, 0.05) is 12.1 Å². The normalized spacial score (nSPS) is 12.5. The molecule has 0 aliphatic carbocycles. The van der Waals surface area contributed by atoms with Gasteiger partial charge in [0.1, 0.15) is 29.6 Å². The SMILES string of the molecule is C=C(Cl)/C=C(C)/C(OC(=O)OCCOC)=C(\C)c1ccc(Oc2ccc(OC(F)(F)F)cc2)cc1. The fourth-order valence-corrected chi connectivity index (χ4v) is 2.99. The minimum atomic E-state index is -4.77. The molecule has 0 saturated heterocycles. The van der Waals surface area contributed by atoms with E-state index in [0.717, 1.165) is 12.1 Å². The minimum absolute atomic E-state index is 0.0297. The van der Waals surface area contributed by atoms with Gasteiger partial charge in [0.05, 0.1) is 6.61 Å². The number of carbonyl (C=O) groups excluding carboxylic acids is 1. The van der Waals surface area contributed by atoms with E-state index in [0.29, 0.717) is 28.2 Å². The number of hydrogen-bond acceptors (Lipinski definition) is 6. The number of hydrogen-bond donors (Lipinski definition) is 0. The van der Waals surface area contributed by atoms with E-state index in [1.165, 1.54) is 19.2 Å². The lowest BCUT2D eigenvalue weighted by Gasteiger charge is -2.14. The maximum absolute atomic E-state index is 12.3. The molecule has 188 valence electrons. The smallest absolute Gasteiger partial charge is 0.457 e. The first kappa shape index (κ1) is 27.8. The average Bonchev–Trinajstić information content (AvgIpc) is 2.77. The summed E-state index contributed by atoms with van der Waals surface area (Å²) in [5.41, 5.74) is 1.87. The molecule has 0 spiro atoms. The van der Waals surface area contributed by atoms with Gasteiger partial charge in [-0.2, -0.15) is 0 Å². The molecule has 2 rings (SSSR count). The molecule has 2 aromatic carbocycles. The number of methoxy groups -OCH3 is 1. The van der Waals surface area contributed by atoms with Gasteiger partial charge in [-0.3, -0.25) is 0 Å². The Morgan fingerprint density at radius 2 is 1.51 bits per heavy atom. The van der Waals surface area contributed by atoms with E-state index >= 15 is 0 Å². The van der Waals surface area contributed by atoms with Crippen molar-refractivity contribution in [2.75, 3.05) is 20.3 Å². The van der Waals surface area contributed by atoms with Crippen LogP contribution in [0.2, 0.25) is 0 Å². The topological polar surface area (TPSA) is 63.2 Å². The van der Waals surface area contributed by atoms with Gasteiger partial charge in [0.15, 0.2) is 0 Å². The Morgan fingerprint density at radius 1 is 0.971 bits per heavy atom. The largest absolute Gasteiger partial charge is 0.573 e. The standard InChI is InChI=1S/C25H24ClF3O6/c1-16(15-17(2)26)23(34-24(30)32-14-13-31-4)18(3)19-5-7-20(8-6-19)33-21-9-11-22(12-10-21)35-25(27,28)29/h5-12,15H,2,13-14H2,1,3-4H3/b16-15+,23-18-. The van der Waals surface area contributed by atoms with Gasteiger partial charge >= 0.3 is 12.5 Å². The lowest BCUT2D eigenvalue weighted by molar-refractivity contribution is -0.274. The summed E-state index contributed by atoms with van der Waals surface area (Å²) in [5.74, 6) is 0.649. The lowest BCUT2D eigenvalue weighted by atomic mass is 10.0. The lowest BCUT2D eigenvalue weighted by Crippen LogP contribution is -2.16. The Kier molecular flexibility index (Phi) is 10.2. The summed E-state index contributed by atoms with van der Waals surface area (Å²) in [6, 6.07) is 11.8. The zero-order chi connectivity index (χ0) is 26.0. The third-order valence-electron chi connectivity index (χ3n) is 4.34. The number of allylic oxidation sites excluding steroid dienone is 4. The van der Waals surface area contributed by atoms with Crippen molar-refractivity contribution in [2.45, 2.75) is 20.2 Å². The van der Waals surface area contributed by atoms with Crippen molar-refractivity contribution in [2.24, 2.45) is 0 Å². The molecule has 35 heavy (non-hydrogen) atoms. The average molecular weight is 513 g/mol. The molecular weight excluding hydrogens is 489 g/mol. The molecule has 0 bridgehead atoms. The van der Waals surface area contributed by atoms with Gasteiger partial charge in [-0.15, -0.1) is 13.2 Å². The second-order valence-corrected chi connectivity index (χ2v) is 7.55. The molecule has 0 aliphatic heterocycles. The van der Waals surface area contributed by atoms with Crippen LogP contribution >= 0.6 is 11.6 Å². The summed E-state index contributed by atoms with van der Waals surface area (Å²) in [4.78, 5) is 12.1. The number of ether oxygens (including phenoxy) is 5. The first-order valence-electron chi connectivity index (χ1n) is 10.2. The summed E-state index contributed by atoms with van der Waals surface area (Å²) < 4.78 is 61.6. The summed E-state index contributed by atoms with van der Waals surface area (Å²) in [5, 5.41) is 0.250. The Labute approximate surface area is 206 Å². The van der Waals surface area contributed by atoms with Crippen molar-refractivity contribution in [3.8, 4) is 17.2 Å². The van der Waals surface area contributed by atoms with Crippen LogP contribution in [-0.2, 0) is 14.2 Å². The Bertz CT molecular complexity index is 1070. The highest BCUT2D eigenvalue weighted by molar-refractivity contribution is 6.30. The van der Waals surface area contributed by atoms with Crippen molar-refractivity contribution < 1.29 is 41.7 Å². The van der Waals surface area contributed by atoms with Crippen LogP contribution in [0.4, 0.5) is 18.0 Å². The number of carbonyl (C=O) groups is 1. The van der Waals surface area contributed by atoms with E-state index in [1.54, 1.807) is 44.2 Å². The molecule has 2 aromatic rings. The molecule has 0 fully saturated rings. The van der Waals surface area contributed by atoms with E-state index in [-0.39, 0.29) is 29.8 Å². The van der Waals surface area contributed by atoms with E-state index in [4.69, 9.17) is 30.5 Å². The highest BCUT2D eigenvalue weighted by atomic mass is 35.5. The molecule has 0 aromatic heterocycles. The van der Waals surface area contributed by atoms with Crippen LogP contribution < -0.4 is 9.47 Å². The minimum Gasteiger partial charge on any atom is -0.457 e. The zero-order valence-corrected chi connectivity index (χ0v) is 20.0. The van der Waals surface area contributed by atoms with Crippen LogP contribution in [-0.4, -0.2) is 32.8 Å². The maximum atomic E-state index is 12.3. The fourth-order valence-electron chi connectivity index (χ4n) is 2.82. The molecule has 0 amide bonds. The first-order valence-corrected chi connectivity index (χ1v) is 10.6. The second-order valence-electron chi connectivity index (χ2n) is 7.07. The Morgan fingerprint density at radius 3 is 2.03 bits per heavy atom. The van der Waals surface area contributed by atoms with Crippen molar-refractivity contribution in [3.63, 3.8) is 0 Å². The van der Waals surface area contributed by atoms with Gasteiger partial charge in [-0.1, -0.05) is 30.3 Å². The molecule has 0 radical (unpaired) electrons.